The molecule has 0 fully saturated rings. The summed E-state index contributed by atoms with van der Waals surface area (Å²) in [5, 5.41) is 5.31. The fourth-order valence-electron chi connectivity index (χ4n) is 2.70. The molecule has 2 aromatic heterocycles. The molecule has 0 radical (unpaired) electrons. The molecule has 0 aliphatic rings. The molecule has 0 bridgehead atoms. The average molecular weight is 428 g/mol. The minimum atomic E-state index is -0.123. The Morgan fingerprint density at radius 2 is 2.03 bits per heavy atom. The van der Waals surface area contributed by atoms with Gasteiger partial charge in [0.25, 0.3) is 5.91 Å². The highest BCUT2D eigenvalue weighted by atomic mass is 32.1. The maximum atomic E-state index is 11.8. The number of aromatic nitrogens is 2. The van der Waals surface area contributed by atoms with E-state index in [0.717, 1.165) is 21.3 Å². The molecule has 158 valence electrons. The van der Waals surface area contributed by atoms with Gasteiger partial charge in [-0.1, -0.05) is 0 Å². The van der Waals surface area contributed by atoms with Crippen LogP contribution in [-0.2, 0) is 4.79 Å². The van der Waals surface area contributed by atoms with Gasteiger partial charge in [0.1, 0.15) is 11.2 Å². The minimum Gasteiger partial charge on any atom is -0.490 e. The quantitative estimate of drug-likeness (QED) is 0.436. The van der Waals surface area contributed by atoms with Crippen molar-refractivity contribution in [2.45, 2.75) is 20.8 Å². The number of hydrogen-bond donors (Lipinski definition) is 1. The van der Waals surface area contributed by atoms with Crippen molar-refractivity contribution in [3.05, 3.63) is 40.5 Å². The number of aryl methyl sites for hydroxylation is 2. The third-order valence-corrected chi connectivity index (χ3v) is 5.58. The second kappa shape index (κ2) is 9.53. The van der Waals surface area contributed by atoms with Crippen LogP contribution in [0.4, 0.5) is 5.82 Å². The lowest BCUT2D eigenvalue weighted by molar-refractivity contribution is -0.130. The van der Waals surface area contributed by atoms with Crippen molar-refractivity contribution in [1.29, 1.82) is 0 Å². The number of nitrogens with zero attached hydrogens (tertiary/aromatic N) is 4. The lowest BCUT2D eigenvalue weighted by Gasteiger charge is -2.14. The van der Waals surface area contributed by atoms with Gasteiger partial charge in [-0.3, -0.25) is 10.2 Å². The Bertz CT molecular complexity index is 1080. The average Bonchev–Trinajstić information content (AvgIpc) is 3.02. The highest BCUT2D eigenvalue weighted by Gasteiger charge is 2.12. The second-order valence-corrected chi connectivity index (χ2v) is 7.97. The lowest BCUT2D eigenvalue weighted by Crippen LogP contribution is -2.27. The molecule has 0 saturated carbocycles. The van der Waals surface area contributed by atoms with Gasteiger partial charge in [0.05, 0.1) is 18.2 Å². The first kappa shape index (κ1) is 21.5. The molecule has 0 atom stereocenters. The Morgan fingerprint density at radius 3 is 2.77 bits per heavy atom. The number of nitrogens with one attached hydrogen (secondary N) is 1. The van der Waals surface area contributed by atoms with E-state index in [0.29, 0.717) is 23.9 Å². The number of carbonyl (C=O) groups is 1. The first-order chi connectivity index (χ1) is 14.4. The van der Waals surface area contributed by atoms with Crippen LogP contribution >= 0.6 is 11.3 Å². The van der Waals surface area contributed by atoms with E-state index in [1.54, 1.807) is 37.7 Å². The van der Waals surface area contributed by atoms with Gasteiger partial charge in [-0.05, 0) is 50.1 Å². The van der Waals surface area contributed by atoms with Crippen LogP contribution in [0.25, 0.3) is 10.2 Å². The van der Waals surface area contributed by atoms with Crippen molar-refractivity contribution in [3.8, 4) is 11.5 Å². The minimum absolute atomic E-state index is 0.0504. The molecular formula is C21H25N5O3S. The summed E-state index contributed by atoms with van der Waals surface area (Å²) < 4.78 is 11.3. The Labute approximate surface area is 179 Å². The second-order valence-electron chi connectivity index (χ2n) is 6.77. The van der Waals surface area contributed by atoms with E-state index in [1.807, 2.05) is 19.1 Å². The summed E-state index contributed by atoms with van der Waals surface area (Å²) in [6.45, 7) is 6.45. The largest absolute Gasteiger partial charge is 0.490 e. The molecule has 1 N–H and O–H groups in total. The zero-order valence-electron chi connectivity index (χ0n) is 17.7. The fourth-order valence-corrected chi connectivity index (χ4v) is 3.69. The van der Waals surface area contributed by atoms with Gasteiger partial charge < -0.3 is 14.4 Å². The molecule has 1 aromatic carbocycles. The van der Waals surface area contributed by atoms with Crippen LogP contribution < -0.4 is 14.9 Å². The SMILES string of the molecule is CCOc1cc(/C=N/Nc2ncnc3sc(C)c(C)c23)ccc1OCC(=O)N(C)C. The fraction of sp³-hybridized carbons (Fsp3) is 0.333. The van der Waals surface area contributed by atoms with E-state index < -0.39 is 0 Å². The van der Waals surface area contributed by atoms with Gasteiger partial charge in [-0.15, -0.1) is 11.3 Å². The number of amides is 1. The smallest absolute Gasteiger partial charge is 0.259 e. The monoisotopic (exact) mass is 427 g/mol. The first-order valence-corrected chi connectivity index (χ1v) is 10.3. The molecule has 9 heteroatoms. The van der Waals surface area contributed by atoms with E-state index in [9.17, 15) is 4.79 Å². The van der Waals surface area contributed by atoms with Crippen molar-refractivity contribution in [3.63, 3.8) is 0 Å². The topological polar surface area (TPSA) is 88.9 Å². The van der Waals surface area contributed by atoms with Gasteiger partial charge in [-0.2, -0.15) is 5.10 Å². The van der Waals surface area contributed by atoms with E-state index in [2.05, 4.69) is 34.3 Å². The number of rotatable bonds is 8. The molecule has 0 aliphatic heterocycles. The van der Waals surface area contributed by atoms with Crippen molar-refractivity contribution in [2.24, 2.45) is 5.10 Å². The van der Waals surface area contributed by atoms with E-state index in [4.69, 9.17) is 9.47 Å². The molecule has 2 heterocycles. The predicted octanol–water partition coefficient (Wildman–Crippen LogP) is 3.62. The molecule has 3 aromatic rings. The van der Waals surface area contributed by atoms with Gasteiger partial charge >= 0.3 is 0 Å². The summed E-state index contributed by atoms with van der Waals surface area (Å²) in [6, 6.07) is 5.43. The van der Waals surface area contributed by atoms with Crippen LogP contribution in [0.15, 0.2) is 29.6 Å². The molecule has 0 unspecified atom stereocenters. The standard InChI is InChI=1S/C21H25N5O3S/c1-6-28-17-9-15(7-8-16(17)29-11-18(27)26(4)5)10-24-25-20-19-13(2)14(3)30-21(19)23-12-22-20/h7-10,12H,6,11H2,1-5H3,(H,22,23,25)/b24-10+. The van der Waals surface area contributed by atoms with Crippen molar-refractivity contribution in [2.75, 3.05) is 32.7 Å². The zero-order valence-corrected chi connectivity index (χ0v) is 18.5. The van der Waals surface area contributed by atoms with Crippen LogP contribution in [0.5, 0.6) is 11.5 Å². The van der Waals surface area contributed by atoms with E-state index in [-0.39, 0.29) is 12.5 Å². The van der Waals surface area contributed by atoms with E-state index >= 15 is 0 Å². The number of hydrazone groups is 1. The van der Waals surface area contributed by atoms with E-state index in [1.165, 1.54) is 16.1 Å². The molecule has 0 spiro atoms. The molecule has 1 amide bonds. The molecule has 0 saturated heterocycles. The third kappa shape index (κ3) is 4.85. The van der Waals surface area contributed by atoms with Gasteiger partial charge in [-0.25, -0.2) is 9.97 Å². The predicted molar refractivity (Wildman–Crippen MR) is 120 cm³/mol. The number of carbonyl (C=O) groups excluding carboxylic acids is 1. The lowest BCUT2D eigenvalue weighted by atomic mass is 10.2. The molecule has 30 heavy (non-hydrogen) atoms. The van der Waals surface area contributed by atoms with Crippen LogP contribution in [0.3, 0.4) is 0 Å². The molecule has 0 aliphatic carbocycles. The van der Waals surface area contributed by atoms with Crippen LogP contribution in [-0.4, -0.2) is 54.3 Å². The van der Waals surface area contributed by atoms with Gasteiger partial charge in [0.15, 0.2) is 23.9 Å². The maximum absolute atomic E-state index is 11.8. The van der Waals surface area contributed by atoms with Crippen molar-refractivity contribution >= 4 is 39.5 Å². The number of hydrogen-bond acceptors (Lipinski definition) is 8. The summed E-state index contributed by atoms with van der Waals surface area (Å²) in [5.74, 6) is 1.62. The normalized spacial score (nSPS) is 11.1. The summed E-state index contributed by atoms with van der Waals surface area (Å²) in [5.41, 5.74) is 4.99. The van der Waals surface area contributed by atoms with Crippen molar-refractivity contribution < 1.29 is 14.3 Å². The third-order valence-electron chi connectivity index (χ3n) is 4.47. The summed E-state index contributed by atoms with van der Waals surface area (Å²) in [4.78, 5) is 24.0. The molecular weight excluding hydrogens is 402 g/mol. The summed E-state index contributed by atoms with van der Waals surface area (Å²) in [7, 11) is 3.37. The Balaban J connectivity index is 1.76. The number of benzene rings is 1. The number of likely N-dealkylation sites (N-methyl/N-ethyl adjacent to an activating group) is 1. The zero-order chi connectivity index (χ0) is 21.7. The van der Waals surface area contributed by atoms with Crippen molar-refractivity contribution in [1.82, 2.24) is 14.9 Å². The van der Waals surface area contributed by atoms with Crippen LogP contribution in [0, 0.1) is 13.8 Å². The number of fused-ring (bicyclic) bond motifs is 1. The Kier molecular flexibility index (Phi) is 6.83. The molecule has 3 rings (SSSR count). The Morgan fingerprint density at radius 1 is 1.23 bits per heavy atom. The van der Waals surface area contributed by atoms with Crippen LogP contribution in [0.1, 0.15) is 22.9 Å². The highest BCUT2D eigenvalue weighted by molar-refractivity contribution is 7.18. The number of thiophene rings is 1. The number of ether oxygens (including phenoxy) is 2. The number of anilines is 1. The first-order valence-electron chi connectivity index (χ1n) is 9.50. The highest BCUT2D eigenvalue weighted by Crippen LogP contribution is 2.32. The summed E-state index contributed by atoms with van der Waals surface area (Å²) >= 11 is 1.64. The van der Waals surface area contributed by atoms with Gasteiger partial charge in [0.2, 0.25) is 0 Å². The Hall–Kier alpha value is -3.20. The maximum Gasteiger partial charge on any atom is 0.259 e. The van der Waals surface area contributed by atoms with Crippen LogP contribution in [0.2, 0.25) is 0 Å². The molecule has 8 nitrogen and oxygen atoms in total. The summed E-state index contributed by atoms with van der Waals surface area (Å²) in [6.07, 6.45) is 3.21. The van der Waals surface area contributed by atoms with Gasteiger partial charge in [0, 0.05) is 19.0 Å².